The lowest BCUT2D eigenvalue weighted by molar-refractivity contribution is -0.387. The van der Waals surface area contributed by atoms with E-state index < -0.39 is 21.9 Å². The SMILES string of the molecule is Cn1cc([N+](=O)[O-])c(=O)n(Cc2ccc(Cl)nn2)c1=O. The van der Waals surface area contributed by atoms with Crippen LogP contribution >= 0.6 is 11.6 Å². The molecule has 2 aromatic heterocycles. The first-order valence-corrected chi connectivity index (χ1v) is 5.71. The van der Waals surface area contributed by atoms with Gasteiger partial charge in [-0.3, -0.25) is 19.5 Å². The maximum Gasteiger partial charge on any atom is 0.350 e. The number of aryl methyl sites for hydroxylation is 1. The van der Waals surface area contributed by atoms with Gasteiger partial charge in [0.05, 0.1) is 23.4 Å². The van der Waals surface area contributed by atoms with Gasteiger partial charge in [0.1, 0.15) is 0 Å². The highest BCUT2D eigenvalue weighted by atomic mass is 35.5. The van der Waals surface area contributed by atoms with E-state index in [2.05, 4.69) is 10.2 Å². The molecule has 20 heavy (non-hydrogen) atoms. The molecule has 0 unspecified atom stereocenters. The van der Waals surface area contributed by atoms with Crippen LogP contribution in [0.25, 0.3) is 0 Å². The minimum absolute atomic E-state index is 0.160. The molecule has 0 aliphatic carbocycles. The number of hydrogen-bond donors (Lipinski definition) is 0. The molecule has 2 rings (SSSR count). The number of rotatable bonds is 3. The molecule has 0 bridgehead atoms. The summed E-state index contributed by atoms with van der Waals surface area (Å²) in [5.74, 6) is 0. The molecule has 0 spiro atoms. The fraction of sp³-hybridized carbons (Fsp3) is 0.200. The van der Waals surface area contributed by atoms with Crippen LogP contribution in [0.3, 0.4) is 0 Å². The number of nitrogens with zero attached hydrogens (tertiary/aromatic N) is 5. The van der Waals surface area contributed by atoms with Crippen molar-refractivity contribution in [2.75, 3.05) is 0 Å². The molecule has 0 aliphatic rings. The summed E-state index contributed by atoms with van der Waals surface area (Å²) in [7, 11) is 1.32. The Hall–Kier alpha value is -2.55. The molecule has 2 heterocycles. The van der Waals surface area contributed by atoms with Gasteiger partial charge in [-0.15, -0.1) is 5.10 Å². The number of hydrogen-bond acceptors (Lipinski definition) is 6. The normalized spacial score (nSPS) is 10.5. The third-order valence-electron chi connectivity index (χ3n) is 2.52. The van der Waals surface area contributed by atoms with Crippen LogP contribution in [0.15, 0.2) is 27.9 Å². The second-order valence-corrected chi connectivity index (χ2v) is 4.29. The van der Waals surface area contributed by atoms with Crippen molar-refractivity contribution >= 4 is 17.3 Å². The van der Waals surface area contributed by atoms with Crippen molar-refractivity contribution in [2.45, 2.75) is 6.54 Å². The Bertz CT molecular complexity index is 780. The molecule has 9 nitrogen and oxygen atoms in total. The Labute approximate surface area is 116 Å². The smallest absolute Gasteiger partial charge is 0.297 e. The van der Waals surface area contributed by atoms with Crippen molar-refractivity contribution in [1.29, 1.82) is 0 Å². The predicted octanol–water partition coefficient (Wildman–Crippen LogP) is -0.0531. The molecule has 0 amide bonds. The van der Waals surface area contributed by atoms with Gasteiger partial charge in [-0.25, -0.2) is 9.36 Å². The molecule has 0 radical (unpaired) electrons. The molecule has 0 atom stereocenters. The molecule has 0 saturated heterocycles. The first-order chi connectivity index (χ1) is 9.40. The van der Waals surface area contributed by atoms with Gasteiger partial charge in [-0.1, -0.05) is 11.6 Å². The summed E-state index contributed by atoms with van der Waals surface area (Å²) in [6.07, 6.45) is 0.884. The molecule has 0 fully saturated rings. The monoisotopic (exact) mass is 297 g/mol. The summed E-state index contributed by atoms with van der Waals surface area (Å²) in [4.78, 5) is 33.7. The van der Waals surface area contributed by atoms with Crippen LogP contribution in [0.4, 0.5) is 5.69 Å². The van der Waals surface area contributed by atoms with Crippen molar-refractivity contribution in [3.05, 3.63) is 60.1 Å². The van der Waals surface area contributed by atoms with Gasteiger partial charge in [0, 0.05) is 7.05 Å². The minimum atomic E-state index is -0.991. The van der Waals surface area contributed by atoms with Gasteiger partial charge in [0.2, 0.25) is 0 Å². The minimum Gasteiger partial charge on any atom is -0.297 e. The summed E-state index contributed by atoms with van der Waals surface area (Å²) < 4.78 is 1.68. The van der Waals surface area contributed by atoms with E-state index in [4.69, 9.17) is 11.6 Å². The lowest BCUT2D eigenvalue weighted by atomic mass is 10.4. The van der Waals surface area contributed by atoms with Crippen LogP contribution in [0.1, 0.15) is 5.69 Å². The molecule has 104 valence electrons. The molecule has 0 N–H and O–H groups in total. The molecule has 0 aromatic carbocycles. The van der Waals surface area contributed by atoms with E-state index in [0.717, 1.165) is 15.3 Å². The quantitative estimate of drug-likeness (QED) is 0.579. The van der Waals surface area contributed by atoms with Crippen LogP contribution in [0.2, 0.25) is 5.15 Å². The van der Waals surface area contributed by atoms with E-state index in [-0.39, 0.29) is 17.4 Å². The average Bonchev–Trinajstić information content (AvgIpc) is 2.40. The van der Waals surface area contributed by atoms with Gasteiger partial charge in [0.15, 0.2) is 5.15 Å². The highest BCUT2D eigenvalue weighted by Gasteiger charge is 2.19. The predicted molar refractivity (Wildman–Crippen MR) is 68.7 cm³/mol. The Morgan fingerprint density at radius 3 is 2.60 bits per heavy atom. The van der Waals surface area contributed by atoms with Crippen LogP contribution in [-0.2, 0) is 13.6 Å². The second-order valence-electron chi connectivity index (χ2n) is 3.90. The molecular formula is C10H8ClN5O4. The Kier molecular flexibility index (Phi) is 3.61. The molecule has 10 heteroatoms. The van der Waals surface area contributed by atoms with Gasteiger partial charge in [0.25, 0.3) is 0 Å². The van der Waals surface area contributed by atoms with Crippen molar-refractivity contribution in [2.24, 2.45) is 7.05 Å². The Morgan fingerprint density at radius 1 is 1.35 bits per heavy atom. The van der Waals surface area contributed by atoms with Crippen LogP contribution in [0.5, 0.6) is 0 Å². The number of aromatic nitrogens is 4. The summed E-state index contributed by atoms with van der Waals surface area (Å²) in [6, 6.07) is 2.91. The fourth-order valence-electron chi connectivity index (χ4n) is 1.56. The first-order valence-electron chi connectivity index (χ1n) is 5.33. The van der Waals surface area contributed by atoms with Crippen molar-refractivity contribution in [3.8, 4) is 0 Å². The summed E-state index contributed by atoms with van der Waals surface area (Å²) >= 11 is 5.57. The van der Waals surface area contributed by atoms with Crippen LogP contribution < -0.4 is 11.2 Å². The summed E-state index contributed by atoms with van der Waals surface area (Å²) in [5.41, 5.74) is -2.07. The lowest BCUT2D eigenvalue weighted by Gasteiger charge is -2.06. The van der Waals surface area contributed by atoms with Crippen molar-refractivity contribution in [1.82, 2.24) is 19.3 Å². The third-order valence-corrected chi connectivity index (χ3v) is 2.72. The van der Waals surface area contributed by atoms with Crippen molar-refractivity contribution < 1.29 is 4.92 Å². The zero-order valence-electron chi connectivity index (χ0n) is 10.2. The van der Waals surface area contributed by atoms with Gasteiger partial charge in [-0.2, -0.15) is 5.10 Å². The maximum atomic E-state index is 11.9. The topological polar surface area (TPSA) is 113 Å². The zero-order chi connectivity index (χ0) is 14.9. The van der Waals surface area contributed by atoms with Gasteiger partial charge in [-0.05, 0) is 12.1 Å². The lowest BCUT2D eigenvalue weighted by Crippen LogP contribution is -2.39. The zero-order valence-corrected chi connectivity index (χ0v) is 10.9. The fourth-order valence-corrected chi connectivity index (χ4v) is 1.66. The standard InChI is InChI=1S/C10H8ClN5O4/c1-14-5-7(16(19)20)9(17)15(10(14)18)4-6-2-3-8(11)13-12-6/h2-3,5H,4H2,1H3. The molecule has 2 aromatic rings. The van der Waals surface area contributed by atoms with Gasteiger partial charge >= 0.3 is 16.9 Å². The molecule has 0 saturated carbocycles. The molecular weight excluding hydrogens is 290 g/mol. The van der Waals surface area contributed by atoms with E-state index in [1.165, 1.54) is 19.2 Å². The number of halogens is 1. The van der Waals surface area contributed by atoms with E-state index in [0.29, 0.717) is 0 Å². The summed E-state index contributed by atoms with van der Waals surface area (Å²) in [6.45, 7) is -0.225. The maximum absolute atomic E-state index is 11.9. The Morgan fingerprint density at radius 2 is 2.05 bits per heavy atom. The van der Waals surface area contributed by atoms with Crippen LogP contribution in [-0.4, -0.2) is 24.3 Å². The average molecular weight is 298 g/mol. The highest BCUT2D eigenvalue weighted by molar-refractivity contribution is 6.29. The largest absolute Gasteiger partial charge is 0.350 e. The first kappa shape index (κ1) is 13.9. The Balaban J connectivity index is 2.56. The van der Waals surface area contributed by atoms with Crippen LogP contribution in [0, 0.1) is 10.1 Å². The van der Waals surface area contributed by atoms with E-state index in [1.807, 2.05) is 0 Å². The van der Waals surface area contributed by atoms with E-state index in [1.54, 1.807) is 0 Å². The number of nitro groups is 1. The second kappa shape index (κ2) is 5.21. The third kappa shape index (κ3) is 2.57. The summed E-state index contributed by atoms with van der Waals surface area (Å²) in [5, 5.41) is 18.2. The van der Waals surface area contributed by atoms with Gasteiger partial charge < -0.3 is 0 Å². The van der Waals surface area contributed by atoms with E-state index >= 15 is 0 Å². The molecule has 0 aliphatic heterocycles. The van der Waals surface area contributed by atoms with Crippen molar-refractivity contribution in [3.63, 3.8) is 0 Å². The van der Waals surface area contributed by atoms with E-state index in [9.17, 15) is 19.7 Å². The highest BCUT2D eigenvalue weighted by Crippen LogP contribution is 2.04.